The summed E-state index contributed by atoms with van der Waals surface area (Å²) in [6.45, 7) is 0.615. The first-order valence-electron chi connectivity index (χ1n) is 8.61. The lowest BCUT2D eigenvalue weighted by molar-refractivity contribution is -0.120. The maximum atomic E-state index is 12.7. The Balaban J connectivity index is 1.64. The summed E-state index contributed by atoms with van der Waals surface area (Å²) in [6, 6.07) is 13.3. The zero-order valence-electron chi connectivity index (χ0n) is 14.9. The molecule has 1 aliphatic heterocycles. The fraction of sp³-hybridized carbons (Fsp3) is 0.316. The lowest BCUT2D eigenvalue weighted by Crippen LogP contribution is -2.41. The largest absolute Gasteiger partial charge is 0.495 e. The first-order valence-corrected chi connectivity index (χ1v) is 10.4. The van der Waals surface area contributed by atoms with Crippen molar-refractivity contribution in [2.45, 2.75) is 17.7 Å². The molecule has 1 saturated heterocycles. The Morgan fingerprint density at radius 3 is 2.44 bits per heavy atom. The molecule has 0 aromatic heterocycles. The van der Waals surface area contributed by atoms with Crippen LogP contribution >= 0.6 is 11.6 Å². The number of hydrogen-bond donors (Lipinski definition) is 1. The minimum Gasteiger partial charge on any atom is -0.495 e. The van der Waals surface area contributed by atoms with Crippen LogP contribution in [0.15, 0.2) is 53.4 Å². The van der Waals surface area contributed by atoms with Crippen LogP contribution in [0.4, 0.5) is 5.69 Å². The molecule has 2 aromatic rings. The second-order valence-electron chi connectivity index (χ2n) is 6.33. The Morgan fingerprint density at radius 1 is 1.15 bits per heavy atom. The number of anilines is 1. The molecule has 1 N–H and O–H groups in total. The first kappa shape index (κ1) is 19.7. The normalized spacial score (nSPS) is 16.1. The highest BCUT2D eigenvalue weighted by Crippen LogP contribution is 2.30. The van der Waals surface area contributed by atoms with E-state index in [1.54, 1.807) is 48.5 Å². The number of piperidine rings is 1. The molecule has 144 valence electrons. The third-order valence-electron chi connectivity index (χ3n) is 4.63. The fourth-order valence-corrected chi connectivity index (χ4v) is 4.78. The van der Waals surface area contributed by atoms with Crippen molar-refractivity contribution in [2.24, 2.45) is 5.92 Å². The molecule has 3 rings (SSSR count). The van der Waals surface area contributed by atoms with E-state index < -0.39 is 10.0 Å². The van der Waals surface area contributed by atoms with Gasteiger partial charge in [0.2, 0.25) is 15.9 Å². The molecule has 2 aromatic carbocycles. The fourth-order valence-electron chi connectivity index (χ4n) is 3.11. The van der Waals surface area contributed by atoms with Crippen LogP contribution in [0, 0.1) is 5.92 Å². The third-order valence-corrected chi connectivity index (χ3v) is 6.77. The lowest BCUT2D eigenvalue weighted by Gasteiger charge is -2.30. The predicted molar refractivity (Wildman–Crippen MR) is 105 cm³/mol. The number of amides is 1. The van der Waals surface area contributed by atoms with Gasteiger partial charge in [0.05, 0.1) is 17.7 Å². The van der Waals surface area contributed by atoms with E-state index >= 15 is 0 Å². The van der Waals surface area contributed by atoms with E-state index in [2.05, 4.69) is 5.32 Å². The minimum atomic E-state index is -3.52. The Hall–Kier alpha value is -2.09. The Kier molecular flexibility index (Phi) is 6.04. The standard InChI is InChI=1S/C19H21ClN2O4S/c1-26-18-8-7-15(20)13-17(18)21-19(23)14-9-11-22(12-10-14)27(24,25)16-5-3-2-4-6-16/h2-8,13-14H,9-12H2,1H3,(H,21,23). The van der Waals surface area contributed by atoms with Crippen LogP contribution in [0.3, 0.4) is 0 Å². The van der Waals surface area contributed by atoms with Crippen LogP contribution in [0.25, 0.3) is 0 Å². The number of nitrogens with one attached hydrogen (secondary N) is 1. The topological polar surface area (TPSA) is 75.7 Å². The molecular weight excluding hydrogens is 388 g/mol. The van der Waals surface area contributed by atoms with Crippen LogP contribution in [0.5, 0.6) is 5.75 Å². The number of hydrogen-bond acceptors (Lipinski definition) is 4. The summed E-state index contributed by atoms with van der Waals surface area (Å²) < 4.78 is 32.0. The molecule has 1 heterocycles. The van der Waals surface area contributed by atoms with Gasteiger partial charge >= 0.3 is 0 Å². The quantitative estimate of drug-likeness (QED) is 0.822. The molecule has 0 bridgehead atoms. The molecule has 0 atom stereocenters. The van der Waals surface area contributed by atoms with Crippen molar-refractivity contribution < 1.29 is 17.9 Å². The maximum Gasteiger partial charge on any atom is 0.243 e. The number of methoxy groups -OCH3 is 1. The van der Waals surface area contributed by atoms with E-state index in [1.165, 1.54) is 11.4 Å². The Morgan fingerprint density at radius 2 is 1.81 bits per heavy atom. The van der Waals surface area contributed by atoms with Crippen LogP contribution in [-0.4, -0.2) is 38.8 Å². The van der Waals surface area contributed by atoms with Crippen LogP contribution in [0.1, 0.15) is 12.8 Å². The van der Waals surface area contributed by atoms with Gasteiger partial charge in [-0.05, 0) is 43.2 Å². The lowest BCUT2D eigenvalue weighted by atomic mass is 9.97. The summed E-state index contributed by atoms with van der Waals surface area (Å²) in [5, 5.41) is 3.34. The van der Waals surface area contributed by atoms with E-state index in [1.807, 2.05) is 0 Å². The van der Waals surface area contributed by atoms with Crippen molar-refractivity contribution in [1.82, 2.24) is 4.31 Å². The first-order chi connectivity index (χ1) is 12.9. The van der Waals surface area contributed by atoms with Gasteiger partial charge in [0.15, 0.2) is 0 Å². The molecule has 0 saturated carbocycles. The van der Waals surface area contributed by atoms with Crippen molar-refractivity contribution >= 4 is 33.2 Å². The molecule has 0 spiro atoms. The number of benzene rings is 2. The minimum absolute atomic E-state index is 0.160. The average molecular weight is 409 g/mol. The third kappa shape index (κ3) is 4.43. The van der Waals surface area contributed by atoms with Crippen molar-refractivity contribution in [3.05, 3.63) is 53.6 Å². The molecule has 0 radical (unpaired) electrons. The predicted octanol–water partition coefficient (Wildman–Crippen LogP) is 3.39. The van der Waals surface area contributed by atoms with Gasteiger partial charge in [0.25, 0.3) is 0 Å². The molecule has 0 unspecified atom stereocenters. The van der Waals surface area contributed by atoms with E-state index in [4.69, 9.17) is 16.3 Å². The number of rotatable bonds is 5. The highest BCUT2D eigenvalue weighted by molar-refractivity contribution is 7.89. The average Bonchev–Trinajstić information content (AvgIpc) is 2.69. The van der Waals surface area contributed by atoms with Gasteiger partial charge in [-0.2, -0.15) is 4.31 Å². The SMILES string of the molecule is COc1ccc(Cl)cc1NC(=O)C1CCN(S(=O)(=O)c2ccccc2)CC1. The molecule has 1 fully saturated rings. The number of halogens is 1. The number of carbonyl (C=O) groups excluding carboxylic acids is 1. The van der Waals surface area contributed by atoms with Gasteiger partial charge in [0.1, 0.15) is 5.75 Å². The highest BCUT2D eigenvalue weighted by atomic mass is 35.5. The van der Waals surface area contributed by atoms with Crippen LogP contribution < -0.4 is 10.1 Å². The summed E-state index contributed by atoms with van der Waals surface area (Å²) in [4.78, 5) is 12.9. The zero-order chi connectivity index (χ0) is 19.4. The van der Waals surface area contributed by atoms with Crippen LogP contribution in [-0.2, 0) is 14.8 Å². The summed E-state index contributed by atoms with van der Waals surface area (Å²) in [7, 11) is -2.00. The highest BCUT2D eigenvalue weighted by Gasteiger charge is 2.32. The van der Waals surface area contributed by atoms with Gasteiger partial charge in [0, 0.05) is 24.0 Å². The monoisotopic (exact) mass is 408 g/mol. The number of carbonyl (C=O) groups is 1. The smallest absolute Gasteiger partial charge is 0.243 e. The maximum absolute atomic E-state index is 12.7. The molecule has 27 heavy (non-hydrogen) atoms. The summed E-state index contributed by atoms with van der Waals surface area (Å²) >= 11 is 5.99. The second kappa shape index (κ2) is 8.29. The van der Waals surface area contributed by atoms with Gasteiger partial charge in [-0.1, -0.05) is 29.8 Å². The van der Waals surface area contributed by atoms with E-state index in [-0.39, 0.29) is 16.7 Å². The number of ether oxygens (including phenoxy) is 1. The molecular formula is C19H21ClN2O4S. The molecule has 0 aliphatic carbocycles. The summed E-state index contributed by atoms with van der Waals surface area (Å²) in [5.74, 6) is 0.0973. The summed E-state index contributed by atoms with van der Waals surface area (Å²) in [5.41, 5.74) is 0.509. The Bertz CT molecular complexity index is 911. The van der Waals surface area contributed by atoms with E-state index in [0.29, 0.717) is 42.4 Å². The van der Waals surface area contributed by atoms with Crippen molar-refractivity contribution in [3.8, 4) is 5.75 Å². The van der Waals surface area contributed by atoms with Gasteiger partial charge in [-0.15, -0.1) is 0 Å². The van der Waals surface area contributed by atoms with Crippen molar-refractivity contribution in [1.29, 1.82) is 0 Å². The number of nitrogens with zero attached hydrogens (tertiary/aromatic N) is 1. The van der Waals surface area contributed by atoms with E-state index in [0.717, 1.165) is 0 Å². The molecule has 1 amide bonds. The summed E-state index contributed by atoms with van der Waals surface area (Å²) in [6.07, 6.45) is 0.918. The van der Waals surface area contributed by atoms with Crippen molar-refractivity contribution in [2.75, 3.05) is 25.5 Å². The number of sulfonamides is 1. The van der Waals surface area contributed by atoms with E-state index in [9.17, 15) is 13.2 Å². The molecule has 1 aliphatic rings. The van der Waals surface area contributed by atoms with Crippen LogP contribution in [0.2, 0.25) is 5.02 Å². The Labute approximate surface area is 164 Å². The van der Waals surface area contributed by atoms with Crippen molar-refractivity contribution in [3.63, 3.8) is 0 Å². The molecule has 8 heteroatoms. The zero-order valence-corrected chi connectivity index (χ0v) is 16.5. The second-order valence-corrected chi connectivity index (χ2v) is 8.70. The van der Waals surface area contributed by atoms with Gasteiger partial charge in [-0.25, -0.2) is 8.42 Å². The molecule has 6 nitrogen and oxygen atoms in total. The van der Waals surface area contributed by atoms with Gasteiger partial charge < -0.3 is 10.1 Å². The van der Waals surface area contributed by atoms with Gasteiger partial charge in [-0.3, -0.25) is 4.79 Å².